The summed E-state index contributed by atoms with van der Waals surface area (Å²) in [5, 5.41) is 12.3. The second kappa shape index (κ2) is 9.90. The Bertz CT molecular complexity index is 1870. The molecule has 0 spiro atoms. The van der Waals surface area contributed by atoms with Crippen LogP contribution in [-0.2, 0) is 4.74 Å². The number of fused-ring (bicyclic) bond motifs is 2. The lowest BCUT2D eigenvalue weighted by molar-refractivity contribution is 0.0564. The maximum Gasteiger partial charge on any atom is 0.322 e. The summed E-state index contributed by atoms with van der Waals surface area (Å²) in [5.41, 5.74) is 7.08. The molecule has 1 saturated heterocycles. The number of benzene rings is 2. The smallest absolute Gasteiger partial charge is 0.322 e. The monoisotopic (exact) mass is 533 g/mol. The number of carbonyl (C=O) groups excluding carboxylic acids is 1. The molecule has 0 unspecified atom stereocenters. The van der Waals surface area contributed by atoms with Gasteiger partial charge < -0.3 is 19.9 Å². The van der Waals surface area contributed by atoms with Crippen molar-refractivity contribution < 1.29 is 13.9 Å². The first-order valence-electron chi connectivity index (χ1n) is 12.9. The van der Waals surface area contributed by atoms with Crippen LogP contribution in [0.25, 0.3) is 55.6 Å². The Hall–Kier alpha value is -5.09. The van der Waals surface area contributed by atoms with Gasteiger partial charge in [-0.2, -0.15) is 5.10 Å². The fourth-order valence-corrected chi connectivity index (χ4v) is 5.09. The summed E-state index contributed by atoms with van der Waals surface area (Å²) in [6.45, 7) is 2.18. The van der Waals surface area contributed by atoms with Gasteiger partial charge >= 0.3 is 6.03 Å². The van der Waals surface area contributed by atoms with Crippen LogP contribution >= 0.6 is 0 Å². The number of aromatic amines is 2. The van der Waals surface area contributed by atoms with Crippen molar-refractivity contribution >= 4 is 33.7 Å². The molecule has 7 rings (SSSR count). The van der Waals surface area contributed by atoms with E-state index < -0.39 is 0 Å². The number of rotatable bonds is 4. The maximum atomic E-state index is 13.9. The summed E-state index contributed by atoms with van der Waals surface area (Å²) in [6, 6.07) is 18.2. The van der Waals surface area contributed by atoms with Gasteiger partial charge in [0.2, 0.25) is 0 Å². The number of H-pyrrole nitrogens is 2. The van der Waals surface area contributed by atoms with Gasteiger partial charge in [0.25, 0.3) is 0 Å². The number of hydrogen-bond donors (Lipinski definition) is 3. The van der Waals surface area contributed by atoms with Crippen LogP contribution in [0.1, 0.15) is 0 Å². The van der Waals surface area contributed by atoms with E-state index >= 15 is 0 Å². The first-order valence-corrected chi connectivity index (χ1v) is 12.9. The van der Waals surface area contributed by atoms with Crippen molar-refractivity contribution in [2.24, 2.45) is 0 Å². The number of anilines is 1. The van der Waals surface area contributed by atoms with Gasteiger partial charge in [0, 0.05) is 52.9 Å². The lowest BCUT2D eigenvalue weighted by atomic mass is 10.0. The molecule has 0 aliphatic carbocycles. The number of hydrogen-bond acceptors (Lipinski definition) is 5. The summed E-state index contributed by atoms with van der Waals surface area (Å²) < 4.78 is 19.3. The molecule has 1 fully saturated rings. The molecule has 198 valence electrons. The highest BCUT2D eigenvalue weighted by Crippen LogP contribution is 2.35. The number of nitrogens with zero attached hydrogens (tertiary/aromatic N) is 4. The first kappa shape index (κ1) is 24.0. The molecule has 40 heavy (non-hydrogen) atoms. The molecule has 6 aromatic rings. The lowest BCUT2D eigenvalue weighted by Crippen LogP contribution is -2.43. The van der Waals surface area contributed by atoms with Crippen molar-refractivity contribution in [3.05, 3.63) is 85.1 Å². The third-order valence-corrected chi connectivity index (χ3v) is 7.09. The van der Waals surface area contributed by atoms with Crippen molar-refractivity contribution in [3.8, 4) is 33.6 Å². The van der Waals surface area contributed by atoms with E-state index in [1.807, 2.05) is 42.5 Å². The lowest BCUT2D eigenvalue weighted by Gasteiger charge is -2.26. The Labute approximate surface area is 228 Å². The molecule has 4 aromatic heterocycles. The van der Waals surface area contributed by atoms with E-state index in [-0.39, 0.29) is 11.8 Å². The average Bonchev–Trinajstić information content (AvgIpc) is 3.61. The van der Waals surface area contributed by atoms with Crippen LogP contribution in [0.4, 0.5) is 14.9 Å². The number of halogens is 1. The standard InChI is InChI=1S/C30H24FN7O2/c31-21-4-1-3-18(11-21)23-5-2-6-26-24(23)14-27(35-26)28-25-13-20(16-33-29(25)37-36-28)19-12-22(17-32-15-19)34-30(39)38-7-9-40-10-8-38/h1-6,11-17,35H,7-10H2,(H,34,39)(H,33,36,37). The third kappa shape index (κ3) is 4.44. The SMILES string of the molecule is O=C(Nc1cncc(-c2cnc3[nH]nc(-c4cc5c(-c6cccc(F)c6)cccc5[nH]4)c3c2)c1)N1CCOCC1. The molecule has 5 heterocycles. The average molecular weight is 534 g/mol. The molecular formula is C30H24FN7O2. The molecule has 0 radical (unpaired) electrons. The highest BCUT2D eigenvalue weighted by atomic mass is 19.1. The number of nitrogens with one attached hydrogen (secondary N) is 3. The number of morpholine rings is 1. The Kier molecular flexibility index (Phi) is 5.94. The second-order valence-corrected chi connectivity index (χ2v) is 9.64. The molecule has 2 amide bonds. The van der Waals surface area contributed by atoms with Crippen LogP contribution in [-0.4, -0.2) is 62.4 Å². The predicted octanol–water partition coefficient (Wildman–Crippen LogP) is 5.84. The quantitative estimate of drug-likeness (QED) is 0.264. The Morgan fingerprint density at radius 3 is 2.65 bits per heavy atom. The van der Waals surface area contributed by atoms with Crippen LogP contribution < -0.4 is 5.32 Å². The Morgan fingerprint density at radius 2 is 1.77 bits per heavy atom. The van der Waals surface area contributed by atoms with Gasteiger partial charge in [0.15, 0.2) is 5.65 Å². The molecule has 2 aromatic carbocycles. The molecule has 0 saturated carbocycles. The van der Waals surface area contributed by atoms with E-state index in [0.717, 1.165) is 49.9 Å². The second-order valence-electron chi connectivity index (χ2n) is 9.64. The van der Waals surface area contributed by atoms with Crippen molar-refractivity contribution in [2.75, 3.05) is 31.6 Å². The van der Waals surface area contributed by atoms with E-state index in [1.54, 1.807) is 29.6 Å². The van der Waals surface area contributed by atoms with Gasteiger partial charge in [0.05, 0.1) is 30.8 Å². The number of amides is 2. The Morgan fingerprint density at radius 1 is 0.925 bits per heavy atom. The van der Waals surface area contributed by atoms with Gasteiger partial charge in [0.1, 0.15) is 11.5 Å². The minimum atomic E-state index is -0.276. The molecular weight excluding hydrogens is 509 g/mol. The molecule has 9 nitrogen and oxygen atoms in total. The summed E-state index contributed by atoms with van der Waals surface area (Å²) >= 11 is 0. The van der Waals surface area contributed by atoms with Gasteiger partial charge in [-0.05, 0) is 47.5 Å². The van der Waals surface area contributed by atoms with E-state index in [9.17, 15) is 9.18 Å². The Balaban J connectivity index is 1.23. The minimum Gasteiger partial charge on any atom is -0.378 e. The summed E-state index contributed by atoms with van der Waals surface area (Å²) in [4.78, 5) is 26.8. The van der Waals surface area contributed by atoms with E-state index in [4.69, 9.17) is 4.74 Å². The van der Waals surface area contributed by atoms with E-state index in [2.05, 4.69) is 30.5 Å². The predicted molar refractivity (Wildman–Crippen MR) is 151 cm³/mol. The van der Waals surface area contributed by atoms with Crippen molar-refractivity contribution in [1.29, 1.82) is 0 Å². The third-order valence-electron chi connectivity index (χ3n) is 7.09. The largest absolute Gasteiger partial charge is 0.378 e. The first-order chi connectivity index (χ1) is 19.6. The van der Waals surface area contributed by atoms with Crippen molar-refractivity contribution in [1.82, 2.24) is 30.0 Å². The van der Waals surface area contributed by atoms with Crippen LogP contribution in [0.3, 0.4) is 0 Å². The van der Waals surface area contributed by atoms with Gasteiger partial charge in [-0.1, -0.05) is 24.3 Å². The number of aromatic nitrogens is 5. The summed E-state index contributed by atoms with van der Waals surface area (Å²) in [7, 11) is 0. The van der Waals surface area contributed by atoms with E-state index in [1.165, 1.54) is 12.1 Å². The fourth-order valence-electron chi connectivity index (χ4n) is 5.09. The van der Waals surface area contributed by atoms with E-state index in [0.29, 0.717) is 37.6 Å². The van der Waals surface area contributed by atoms with Gasteiger partial charge in [-0.25, -0.2) is 14.2 Å². The topological polar surface area (TPSA) is 112 Å². The molecule has 0 atom stereocenters. The number of pyridine rings is 2. The zero-order valence-corrected chi connectivity index (χ0v) is 21.3. The number of ether oxygens (including phenoxy) is 1. The molecule has 10 heteroatoms. The van der Waals surface area contributed by atoms with Crippen LogP contribution in [0, 0.1) is 5.82 Å². The molecule has 1 aliphatic heterocycles. The zero-order chi connectivity index (χ0) is 27.1. The highest BCUT2D eigenvalue weighted by Gasteiger charge is 2.18. The van der Waals surface area contributed by atoms with Gasteiger partial charge in [-0.15, -0.1) is 0 Å². The van der Waals surface area contributed by atoms with Crippen molar-refractivity contribution in [2.45, 2.75) is 0 Å². The molecule has 0 bridgehead atoms. The summed E-state index contributed by atoms with van der Waals surface area (Å²) in [6.07, 6.45) is 5.11. The maximum absolute atomic E-state index is 13.9. The minimum absolute atomic E-state index is 0.177. The normalized spacial score (nSPS) is 13.7. The van der Waals surface area contributed by atoms with Crippen LogP contribution in [0.15, 0.2) is 79.3 Å². The molecule has 1 aliphatic rings. The highest BCUT2D eigenvalue weighted by molar-refractivity contribution is 6.01. The molecule has 3 N–H and O–H groups in total. The number of urea groups is 1. The van der Waals surface area contributed by atoms with Crippen LogP contribution in [0.2, 0.25) is 0 Å². The van der Waals surface area contributed by atoms with Crippen LogP contribution in [0.5, 0.6) is 0 Å². The fraction of sp³-hybridized carbons (Fsp3) is 0.133. The summed E-state index contributed by atoms with van der Waals surface area (Å²) in [5.74, 6) is -0.276. The van der Waals surface area contributed by atoms with Crippen molar-refractivity contribution in [3.63, 3.8) is 0 Å². The van der Waals surface area contributed by atoms with Gasteiger partial charge in [-0.3, -0.25) is 10.1 Å². The zero-order valence-electron chi connectivity index (χ0n) is 21.3. The number of carbonyl (C=O) groups is 1.